The lowest BCUT2D eigenvalue weighted by Gasteiger charge is -2.04. The molecule has 0 heterocycles. The molecule has 0 fully saturated rings. The van der Waals surface area contributed by atoms with Crippen molar-refractivity contribution in [1.29, 1.82) is 0 Å². The molecule has 5 heteroatoms. The third kappa shape index (κ3) is 4.29. The number of methoxy groups -OCH3 is 1. The molecule has 1 amide bonds. The Morgan fingerprint density at radius 3 is 2.48 bits per heavy atom. The van der Waals surface area contributed by atoms with Crippen LogP contribution in [0.2, 0.25) is 0 Å². The van der Waals surface area contributed by atoms with Gasteiger partial charge in [0.1, 0.15) is 5.75 Å². The van der Waals surface area contributed by atoms with Gasteiger partial charge in [0.15, 0.2) is 0 Å². The number of hydrogen-bond donors (Lipinski definition) is 1. The second-order valence-electron chi connectivity index (χ2n) is 4.38. The van der Waals surface area contributed by atoms with Crippen molar-refractivity contribution in [1.82, 2.24) is 5.43 Å². The minimum absolute atomic E-state index is 0.248. The summed E-state index contributed by atoms with van der Waals surface area (Å²) in [7, 11) is 1.59. The third-order valence-electron chi connectivity index (χ3n) is 2.92. The maximum atomic E-state index is 12.0. The second-order valence-corrected chi connectivity index (χ2v) is 5.62. The van der Waals surface area contributed by atoms with E-state index in [1.165, 1.54) is 0 Å². The Labute approximate surface area is 137 Å². The van der Waals surface area contributed by atoms with Gasteiger partial charge in [-0.2, -0.15) is 5.10 Å². The van der Waals surface area contributed by atoms with Gasteiger partial charge in [0, 0.05) is 9.13 Å². The van der Waals surface area contributed by atoms with Crippen molar-refractivity contribution in [2.45, 2.75) is 6.92 Å². The Morgan fingerprint density at radius 1 is 1.14 bits per heavy atom. The van der Waals surface area contributed by atoms with Crippen molar-refractivity contribution in [2.24, 2.45) is 5.10 Å². The average molecular weight is 394 g/mol. The number of hydrogen-bond acceptors (Lipinski definition) is 3. The average Bonchev–Trinajstić information content (AvgIpc) is 2.52. The highest BCUT2D eigenvalue weighted by Crippen LogP contribution is 2.11. The first-order valence-electron chi connectivity index (χ1n) is 6.35. The zero-order valence-corrected chi connectivity index (χ0v) is 13.9. The monoisotopic (exact) mass is 394 g/mol. The fourth-order valence-electron chi connectivity index (χ4n) is 1.72. The quantitative estimate of drug-likeness (QED) is 0.491. The van der Waals surface area contributed by atoms with E-state index < -0.39 is 0 Å². The van der Waals surface area contributed by atoms with Crippen LogP contribution in [0.1, 0.15) is 22.8 Å². The van der Waals surface area contributed by atoms with Crippen molar-refractivity contribution in [2.75, 3.05) is 7.11 Å². The highest BCUT2D eigenvalue weighted by molar-refractivity contribution is 14.1. The summed E-state index contributed by atoms with van der Waals surface area (Å²) in [5.41, 5.74) is 4.84. The van der Waals surface area contributed by atoms with Crippen molar-refractivity contribution < 1.29 is 9.53 Å². The number of amides is 1. The number of ether oxygens (including phenoxy) is 1. The standard InChI is InChI=1S/C16H15IN2O2/c1-11(13-4-3-5-14(17)10-13)18-19-16(20)12-6-8-15(21-2)9-7-12/h3-10H,1-2H3,(H,19,20)/b18-11+. The number of carbonyl (C=O) groups excluding carboxylic acids is 1. The van der Waals surface area contributed by atoms with E-state index in [1.54, 1.807) is 31.4 Å². The predicted molar refractivity (Wildman–Crippen MR) is 91.8 cm³/mol. The lowest BCUT2D eigenvalue weighted by molar-refractivity contribution is 0.0955. The van der Waals surface area contributed by atoms with Crippen LogP contribution in [0.15, 0.2) is 53.6 Å². The number of nitrogens with zero attached hydrogens (tertiary/aromatic N) is 1. The van der Waals surface area contributed by atoms with E-state index in [-0.39, 0.29) is 5.91 Å². The summed E-state index contributed by atoms with van der Waals surface area (Å²) < 4.78 is 6.18. The minimum atomic E-state index is -0.248. The van der Waals surface area contributed by atoms with Gasteiger partial charge < -0.3 is 4.74 Å². The lowest BCUT2D eigenvalue weighted by atomic mass is 10.1. The maximum absolute atomic E-state index is 12.0. The van der Waals surface area contributed by atoms with Crippen LogP contribution in [0.25, 0.3) is 0 Å². The van der Waals surface area contributed by atoms with E-state index in [1.807, 2.05) is 31.2 Å². The van der Waals surface area contributed by atoms with Crippen LogP contribution < -0.4 is 10.2 Å². The summed E-state index contributed by atoms with van der Waals surface area (Å²) in [4.78, 5) is 12.0. The molecule has 0 aliphatic rings. The predicted octanol–water partition coefficient (Wildman–Crippen LogP) is 3.45. The van der Waals surface area contributed by atoms with E-state index >= 15 is 0 Å². The third-order valence-corrected chi connectivity index (χ3v) is 3.59. The first kappa shape index (κ1) is 15.5. The number of benzene rings is 2. The largest absolute Gasteiger partial charge is 0.497 e. The molecule has 0 aromatic heterocycles. The molecule has 0 spiro atoms. The Balaban J connectivity index is 2.06. The SMILES string of the molecule is COc1ccc(C(=O)N/N=C(\C)c2cccc(I)c2)cc1. The van der Waals surface area contributed by atoms with Gasteiger partial charge >= 0.3 is 0 Å². The summed E-state index contributed by atoms with van der Waals surface area (Å²) in [5.74, 6) is 0.465. The summed E-state index contributed by atoms with van der Waals surface area (Å²) in [6.45, 7) is 1.86. The van der Waals surface area contributed by atoms with E-state index in [2.05, 4.69) is 33.1 Å². The first-order valence-corrected chi connectivity index (χ1v) is 7.42. The summed E-state index contributed by atoms with van der Waals surface area (Å²) in [5, 5.41) is 4.14. The minimum Gasteiger partial charge on any atom is -0.497 e. The molecular weight excluding hydrogens is 379 g/mol. The molecule has 2 rings (SSSR count). The number of hydrazone groups is 1. The van der Waals surface area contributed by atoms with Gasteiger partial charge in [-0.15, -0.1) is 0 Å². The molecule has 0 atom stereocenters. The fourth-order valence-corrected chi connectivity index (χ4v) is 2.26. The second kappa shape index (κ2) is 7.21. The smallest absolute Gasteiger partial charge is 0.271 e. The molecule has 1 N–H and O–H groups in total. The molecule has 2 aromatic rings. The zero-order valence-electron chi connectivity index (χ0n) is 11.8. The maximum Gasteiger partial charge on any atom is 0.271 e. The molecule has 21 heavy (non-hydrogen) atoms. The fraction of sp³-hybridized carbons (Fsp3) is 0.125. The van der Waals surface area contributed by atoms with Gasteiger partial charge in [0.25, 0.3) is 5.91 Å². The molecule has 0 saturated heterocycles. The molecule has 2 aromatic carbocycles. The van der Waals surface area contributed by atoms with Crippen LogP contribution in [0.4, 0.5) is 0 Å². The summed E-state index contributed by atoms with van der Waals surface area (Å²) in [6.07, 6.45) is 0. The van der Waals surface area contributed by atoms with Crippen molar-refractivity contribution in [3.8, 4) is 5.75 Å². The van der Waals surface area contributed by atoms with Crippen LogP contribution in [0.3, 0.4) is 0 Å². The van der Waals surface area contributed by atoms with E-state index in [9.17, 15) is 4.79 Å². The number of carbonyl (C=O) groups is 1. The normalized spacial score (nSPS) is 11.1. The van der Waals surface area contributed by atoms with Crippen molar-refractivity contribution in [3.05, 3.63) is 63.2 Å². The molecule has 0 aliphatic heterocycles. The van der Waals surface area contributed by atoms with Gasteiger partial charge in [0.2, 0.25) is 0 Å². The molecule has 0 aliphatic carbocycles. The Morgan fingerprint density at radius 2 is 1.86 bits per heavy atom. The first-order chi connectivity index (χ1) is 10.1. The number of halogens is 1. The van der Waals surface area contributed by atoms with Gasteiger partial charge in [0.05, 0.1) is 12.8 Å². The van der Waals surface area contributed by atoms with Gasteiger partial charge in [-0.25, -0.2) is 5.43 Å². The molecule has 4 nitrogen and oxygen atoms in total. The van der Waals surface area contributed by atoms with Gasteiger partial charge in [-0.1, -0.05) is 12.1 Å². The van der Waals surface area contributed by atoms with Crippen molar-refractivity contribution in [3.63, 3.8) is 0 Å². The Kier molecular flexibility index (Phi) is 5.32. The lowest BCUT2D eigenvalue weighted by Crippen LogP contribution is -2.19. The number of nitrogens with one attached hydrogen (secondary N) is 1. The van der Waals surface area contributed by atoms with E-state index in [0.29, 0.717) is 11.3 Å². The molecular formula is C16H15IN2O2. The highest BCUT2D eigenvalue weighted by Gasteiger charge is 2.05. The molecule has 0 radical (unpaired) electrons. The molecule has 108 valence electrons. The van der Waals surface area contributed by atoms with Crippen LogP contribution in [-0.2, 0) is 0 Å². The number of rotatable bonds is 4. The summed E-state index contributed by atoms with van der Waals surface area (Å²) >= 11 is 2.24. The molecule has 0 unspecified atom stereocenters. The topological polar surface area (TPSA) is 50.7 Å². The molecule has 0 saturated carbocycles. The molecule has 0 bridgehead atoms. The van der Waals surface area contributed by atoms with Crippen molar-refractivity contribution >= 4 is 34.2 Å². The van der Waals surface area contributed by atoms with Gasteiger partial charge in [-0.05, 0) is 71.5 Å². The van der Waals surface area contributed by atoms with Gasteiger partial charge in [-0.3, -0.25) is 4.79 Å². The van der Waals surface area contributed by atoms with Crippen LogP contribution in [-0.4, -0.2) is 18.7 Å². The zero-order chi connectivity index (χ0) is 15.2. The highest BCUT2D eigenvalue weighted by atomic mass is 127. The van der Waals surface area contributed by atoms with Crippen LogP contribution >= 0.6 is 22.6 Å². The van der Waals surface area contributed by atoms with Crippen LogP contribution in [0, 0.1) is 3.57 Å². The Hall–Kier alpha value is -1.89. The van der Waals surface area contributed by atoms with Crippen LogP contribution in [0.5, 0.6) is 5.75 Å². The van der Waals surface area contributed by atoms with E-state index in [4.69, 9.17) is 4.74 Å². The Bertz CT molecular complexity index is 666. The van der Waals surface area contributed by atoms with E-state index in [0.717, 1.165) is 14.8 Å². The summed E-state index contributed by atoms with van der Waals surface area (Å²) in [6, 6.07) is 14.8.